The van der Waals surface area contributed by atoms with E-state index < -0.39 is 0 Å². The van der Waals surface area contributed by atoms with Crippen LogP contribution < -0.4 is 5.32 Å². The Hall–Kier alpha value is -1.88. The van der Waals surface area contributed by atoms with Gasteiger partial charge >= 0.3 is 0 Å². The van der Waals surface area contributed by atoms with Gasteiger partial charge in [-0.1, -0.05) is 18.2 Å². The topological polar surface area (TPSA) is 49.4 Å². The summed E-state index contributed by atoms with van der Waals surface area (Å²) < 4.78 is 1.10. The molecule has 0 saturated carbocycles. The lowest BCUT2D eigenvalue weighted by atomic mass is 10.2. The second-order valence-corrected chi connectivity index (χ2v) is 5.31. The zero-order chi connectivity index (χ0) is 12.5. The van der Waals surface area contributed by atoms with E-state index in [2.05, 4.69) is 5.32 Å². The first-order valence-corrected chi connectivity index (χ1v) is 6.60. The highest BCUT2D eigenvalue weighted by Crippen LogP contribution is 2.26. The Kier molecular flexibility index (Phi) is 2.76. The van der Waals surface area contributed by atoms with Gasteiger partial charge in [0.2, 0.25) is 5.91 Å². The van der Waals surface area contributed by atoms with Crippen LogP contribution in [0.25, 0.3) is 10.1 Å². The maximum atomic E-state index is 12.3. The maximum absolute atomic E-state index is 12.3. The van der Waals surface area contributed by atoms with Crippen molar-refractivity contribution < 1.29 is 9.59 Å². The largest absolute Gasteiger partial charge is 0.353 e. The Morgan fingerprint density at radius 2 is 2.17 bits per heavy atom. The summed E-state index contributed by atoms with van der Waals surface area (Å²) in [5.41, 5.74) is 0. The standard InChI is InChI=1S/C13H12N2O2S/c16-12-8-15(6-5-14-12)13(17)11-7-9-3-1-2-4-10(9)18-11/h1-4,7H,5-6,8H2,(H,14,16). The number of nitrogens with zero attached hydrogens (tertiary/aromatic N) is 1. The molecule has 0 bridgehead atoms. The van der Waals surface area contributed by atoms with Crippen molar-refractivity contribution in [2.24, 2.45) is 0 Å². The molecule has 3 rings (SSSR count). The minimum absolute atomic E-state index is 0.0500. The first-order chi connectivity index (χ1) is 8.74. The quantitative estimate of drug-likeness (QED) is 0.844. The Labute approximate surface area is 108 Å². The van der Waals surface area contributed by atoms with E-state index in [9.17, 15) is 9.59 Å². The molecule has 1 saturated heterocycles. The molecule has 1 aromatic heterocycles. The van der Waals surface area contributed by atoms with Crippen molar-refractivity contribution in [1.82, 2.24) is 10.2 Å². The van der Waals surface area contributed by atoms with Gasteiger partial charge in [-0.05, 0) is 17.5 Å². The van der Waals surface area contributed by atoms with E-state index in [-0.39, 0.29) is 18.4 Å². The Bertz CT molecular complexity index is 587. The summed E-state index contributed by atoms with van der Waals surface area (Å²) in [6, 6.07) is 9.80. The first-order valence-electron chi connectivity index (χ1n) is 5.78. The number of hydrogen-bond acceptors (Lipinski definition) is 3. The minimum atomic E-state index is -0.0873. The van der Waals surface area contributed by atoms with Crippen molar-refractivity contribution >= 4 is 33.2 Å². The number of hydrogen-bond donors (Lipinski definition) is 1. The van der Waals surface area contributed by atoms with Crippen LogP contribution in [0.4, 0.5) is 0 Å². The number of carbonyl (C=O) groups excluding carboxylic acids is 2. The molecule has 2 aromatic rings. The lowest BCUT2D eigenvalue weighted by Gasteiger charge is -2.26. The molecule has 0 spiro atoms. The number of rotatable bonds is 1. The summed E-state index contributed by atoms with van der Waals surface area (Å²) in [6.07, 6.45) is 0. The number of carbonyl (C=O) groups is 2. The highest BCUT2D eigenvalue weighted by molar-refractivity contribution is 7.20. The van der Waals surface area contributed by atoms with Gasteiger partial charge in [-0.2, -0.15) is 0 Å². The van der Waals surface area contributed by atoms with E-state index in [1.807, 2.05) is 30.3 Å². The predicted molar refractivity (Wildman–Crippen MR) is 70.7 cm³/mol. The first kappa shape index (κ1) is 11.2. The van der Waals surface area contributed by atoms with E-state index >= 15 is 0 Å². The van der Waals surface area contributed by atoms with Crippen molar-refractivity contribution in [3.05, 3.63) is 35.2 Å². The molecule has 1 fully saturated rings. The van der Waals surface area contributed by atoms with Crippen LogP contribution in [-0.2, 0) is 4.79 Å². The smallest absolute Gasteiger partial charge is 0.264 e. The van der Waals surface area contributed by atoms with Crippen molar-refractivity contribution in [1.29, 1.82) is 0 Å². The molecule has 18 heavy (non-hydrogen) atoms. The monoisotopic (exact) mass is 260 g/mol. The van der Waals surface area contributed by atoms with Crippen molar-refractivity contribution in [3.63, 3.8) is 0 Å². The number of fused-ring (bicyclic) bond motifs is 1. The van der Waals surface area contributed by atoms with Gasteiger partial charge < -0.3 is 10.2 Å². The number of benzene rings is 1. The average molecular weight is 260 g/mol. The van der Waals surface area contributed by atoms with Gasteiger partial charge in [0.25, 0.3) is 5.91 Å². The molecular weight excluding hydrogens is 248 g/mol. The third kappa shape index (κ3) is 1.97. The summed E-state index contributed by atoms with van der Waals surface area (Å²) >= 11 is 1.48. The summed E-state index contributed by atoms with van der Waals surface area (Å²) in [5.74, 6) is -0.137. The van der Waals surface area contributed by atoms with Gasteiger partial charge in [-0.15, -0.1) is 11.3 Å². The highest BCUT2D eigenvalue weighted by Gasteiger charge is 2.23. The van der Waals surface area contributed by atoms with E-state index in [4.69, 9.17) is 0 Å². The van der Waals surface area contributed by atoms with E-state index in [1.54, 1.807) is 4.90 Å². The van der Waals surface area contributed by atoms with Gasteiger partial charge in [0, 0.05) is 17.8 Å². The number of piperazine rings is 1. The van der Waals surface area contributed by atoms with E-state index in [1.165, 1.54) is 11.3 Å². The summed E-state index contributed by atoms with van der Waals surface area (Å²) in [7, 11) is 0. The van der Waals surface area contributed by atoms with Crippen molar-refractivity contribution in [3.8, 4) is 0 Å². The molecule has 2 heterocycles. The molecule has 1 aromatic carbocycles. The van der Waals surface area contributed by atoms with E-state index in [0.717, 1.165) is 10.1 Å². The fraction of sp³-hybridized carbons (Fsp3) is 0.231. The SMILES string of the molecule is O=C1CN(C(=O)c2cc3ccccc3s2)CCN1. The highest BCUT2D eigenvalue weighted by atomic mass is 32.1. The normalized spacial score (nSPS) is 15.8. The molecule has 0 aliphatic carbocycles. The summed E-state index contributed by atoms with van der Waals surface area (Å²) in [6.45, 7) is 1.28. The Morgan fingerprint density at radius 3 is 2.94 bits per heavy atom. The predicted octanol–water partition coefficient (Wildman–Crippen LogP) is 1.47. The Balaban J connectivity index is 1.89. The lowest BCUT2D eigenvalue weighted by Crippen LogP contribution is -2.49. The van der Waals surface area contributed by atoms with E-state index in [0.29, 0.717) is 18.0 Å². The number of nitrogens with one attached hydrogen (secondary N) is 1. The molecular formula is C13H12N2O2S. The van der Waals surface area contributed by atoms with Crippen LogP contribution in [0.5, 0.6) is 0 Å². The number of amides is 2. The lowest BCUT2D eigenvalue weighted by molar-refractivity contribution is -0.123. The van der Waals surface area contributed by atoms with Crippen LogP contribution in [0.1, 0.15) is 9.67 Å². The van der Waals surface area contributed by atoms with Crippen LogP contribution >= 0.6 is 11.3 Å². The molecule has 1 aliphatic rings. The minimum Gasteiger partial charge on any atom is -0.353 e. The van der Waals surface area contributed by atoms with Gasteiger partial charge in [0.1, 0.15) is 0 Å². The third-order valence-corrected chi connectivity index (χ3v) is 4.07. The van der Waals surface area contributed by atoms with Crippen LogP contribution in [-0.4, -0.2) is 36.3 Å². The second kappa shape index (κ2) is 4.42. The van der Waals surface area contributed by atoms with Crippen LogP contribution in [0, 0.1) is 0 Å². The van der Waals surface area contributed by atoms with Crippen molar-refractivity contribution in [2.75, 3.05) is 19.6 Å². The average Bonchev–Trinajstić information content (AvgIpc) is 2.81. The zero-order valence-electron chi connectivity index (χ0n) is 9.68. The summed E-state index contributed by atoms with van der Waals surface area (Å²) in [5, 5.41) is 3.79. The fourth-order valence-electron chi connectivity index (χ4n) is 2.06. The molecule has 4 nitrogen and oxygen atoms in total. The third-order valence-electron chi connectivity index (χ3n) is 2.96. The molecule has 92 valence electrons. The van der Waals surface area contributed by atoms with Gasteiger partial charge in [-0.25, -0.2) is 0 Å². The van der Waals surface area contributed by atoms with Crippen LogP contribution in [0.2, 0.25) is 0 Å². The summed E-state index contributed by atoms with van der Waals surface area (Å²) in [4.78, 5) is 25.9. The number of thiophene rings is 1. The van der Waals surface area contributed by atoms with Gasteiger partial charge in [-0.3, -0.25) is 9.59 Å². The Morgan fingerprint density at radius 1 is 1.33 bits per heavy atom. The molecule has 0 atom stereocenters. The molecule has 5 heteroatoms. The van der Waals surface area contributed by atoms with Gasteiger partial charge in [0.05, 0.1) is 11.4 Å². The molecule has 1 aliphatic heterocycles. The molecule has 0 unspecified atom stereocenters. The molecule has 0 radical (unpaired) electrons. The molecule has 2 amide bonds. The fourth-order valence-corrected chi connectivity index (χ4v) is 3.09. The van der Waals surface area contributed by atoms with Crippen LogP contribution in [0.3, 0.4) is 0 Å². The van der Waals surface area contributed by atoms with Crippen molar-refractivity contribution in [2.45, 2.75) is 0 Å². The second-order valence-electron chi connectivity index (χ2n) is 4.23. The molecule has 1 N–H and O–H groups in total. The van der Waals surface area contributed by atoms with Crippen LogP contribution in [0.15, 0.2) is 30.3 Å². The zero-order valence-corrected chi connectivity index (χ0v) is 10.5. The maximum Gasteiger partial charge on any atom is 0.264 e. The van der Waals surface area contributed by atoms with Gasteiger partial charge in [0.15, 0.2) is 0 Å².